The Morgan fingerprint density at radius 1 is 0.889 bits per heavy atom. The Labute approximate surface area is 212 Å². The van der Waals surface area contributed by atoms with Crippen LogP contribution in [0.25, 0.3) is 11.4 Å². The predicted octanol–water partition coefficient (Wildman–Crippen LogP) is 6.00. The van der Waals surface area contributed by atoms with E-state index in [1.54, 1.807) is 24.5 Å². The molecule has 0 spiro atoms. The molecule has 3 aromatic carbocycles. The summed E-state index contributed by atoms with van der Waals surface area (Å²) in [6.07, 6.45) is 3.46. The number of pyridine rings is 1. The molecule has 5 rings (SSSR count). The highest BCUT2D eigenvalue weighted by Gasteiger charge is 2.26. The lowest BCUT2D eigenvalue weighted by Crippen LogP contribution is -2.19. The van der Waals surface area contributed by atoms with Crippen LogP contribution in [0, 0.1) is 5.82 Å². The van der Waals surface area contributed by atoms with Crippen molar-refractivity contribution in [2.45, 2.75) is 17.0 Å². The van der Waals surface area contributed by atoms with Crippen LogP contribution < -0.4 is 5.32 Å². The van der Waals surface area contributed by atoms with E-state index in [1.165, 1.54) is 23.9 Å². The number of aromatic nitrogens is 4. The molecule has 1 unspecified atom stereocenters. The molecule has 2 heterocycles. The van der Waals surface area contributed by atoms with Gasteiger partial charge in [-0.1, -0.05) is 72.4 Å². The summed E-state index contributed by atoms with van der Waals surface area (Å²) in [5.74, 6) is 0.0640. The molecule has 0 aliphatic rings. The van der Waals surface area contributed by atoms with Crippen molar-refractivity contribution in [3.8, 4) is 11.4 Å². The van der Waals surface area contributed by atoms with E-state index in [-0.39, 0.29) is 11.7 Å². The summed E-state index contributed by atoms with van der Waals surface area (Å²) in [5, 5.41) is 11.8. The molecular weight excluding hydrogens is 473 g/mol. The summed E-state index contributed by atoms with van der Waals surface area (Å²) in [4.78, 5) is 17.7. The molecule has 1 N–H and O–H groups in total. The van der Waals surface area contributed by atoms with E-state index in [9.17, 15) is 9.18 Å². The van der Waals surface area contributed by atoms with Gasteiger partial charge >= 0.3 is 0 Å². The first-order chi connectivity index (χ1) is 17.7. The number of thioether (sulfide) groups is 1. The maximum atomic E-state index is 13.5. The van der Waals surface area contributed by atoms with Crippen LogP contribution in [0.15, 0.2) is 115 Å². The molecule has 0 radical (unpaired) electrons. The number of hydrogen-bond acceptors (Lipinski definition) is 5. The average molecular weight is 496 g/mol. The topological polar surface area (TPSA) is 72.7 Å². The first-order valence-electron chi connectivity index (χ1n) is 11.3. The minimum absolute atomic E-state index is 0.241. The Bertz CT molecular complexity index is 1430. The molecule has 2 aromatic heterocycles. The molecule has 5 aromatic rings. The molecule has 8 heteroatoms. The van der Waals surface area contributed by atoms with Crippen LogP contribution >= 0.6 is 11.8 Å². The van der Waals surface area contributed by atoms with E-state index < -0.39 is 5.25 Å². The van der Waals surface area contributed by atoms with Crippen molar-refractivity contribution in [3.05, 3.63) is 126 Å². The van der Waals surface area contributed by atoms with Gasteiger partial charge in [0, 0.05) is 23.6 Å². The Morgan fingerprint density at radius 2 is 1.61 bits per heavy atom. The summed E-state index contributed by atoms with van der Waals surface area (Å²) >= 11 is 1.32. The second-order valence-corrected chi connectivity index (χ2v) is 9.10. The van der Waals surface area contributed by atoms with Crippen molar-refractivity contribution in [2.24, 2.45) is 0 Å². The van der Waals surface area contributed by atoms with Crippen LogP contribution in [0.5, 0.6) is 0 Å². The highest BCUT2D eigenvalue weighted by molar-refractivity contribution is 8.00. The number of benzene rings is 3. The van der Waals surface area contributed by atoms with Gasteiger partial charge in [-0.15, -0.1) is 10.2 Å². The Morgan fingerprint density at radius 3 is 2.31 bits per heavy atom. The lowest BCUT2D eigenvalue weighted by molar-refractivity contribution is -0.115. The monoisotopic (exact) mass is 495 g/mol. The van der Waals surface area contributed by atoms with Crippen molar-refractivity contribution in [1.29, 1.82) is 0 Å². The smallest absolute Gasteiger partial charge is 0.242 e. The number of hydrogen-bond donors (Lipinski definition) is 1. The Kier molecular flexibility index (Phi) is 7.14. The molecule has 178 valence electrons. The summed E-state index contributed by atoms with van der Waals surface area (Å²) in [7, 11) is 0. The van der Waals surface area contributed by atoms with E-state index in [0.717, 1.165) is 16.7 Å². The number of carbonyl (C=O) groups is 1. The molecule has 0 aliphatic carbocycles. The fraction of sp³-hybridized carbons (Fsp3) is 0.0714. The average Bonchev–Trinajstić information content (AvgIpc) is 3.32. The molecular formula is C28H22FN5OS. The minimum atomic E-state index is -0.614. The van der Waals surface area contributed by atoms with Gasteiger partial charge in [0.1, 0.15) is 11.1 Å². The molecule has 0 bridgehead atoms. The third kappa shape index (κ3) is 5.50. The van der Waals surface area contributed by atoms with Gasteiger partial charge in [-0.25, -0.2) is 4.39 Å². The van der Waals surface area contributed by atoms with Gasteiger partial charge in [-0.05, 0) is 47.5 Å². The van der Waals surface area contributed by atoms with Crippen molar-refractivity contribution in [1.82, 2.24) is 19.7 Å². The molecule has 1 amide bonds. The summed E-state index contributed by atoms with van der Waals surface area (Å²) in [6.45, 7) is 0.529. The zero-order valence-corrected chi connectivity index (χ0v) is 20.0. The number of carbonyl (C=O) groups excluding carboxylic acids is 1. The number of nitrogens with zero attached hydrogens (tertiary/aromatic N) is 4. The standard InChI is InChI=1S/C28H22FN5OS/c29-23-13-15-24(16-14-23)31-27(35)25(21-10-5-2-6-11-21)36-28-33-32-26(22-12-7-17-30-18-22)34(28)19-20-8-3-1-4-9-20/h1-18,25H,19H2,(H,31,35). The van der Waals surface area contributed by atoms with E-state index in [4.69, 9.17) is 0 Å². The lowest BCUT2D eigenvalue weighted by Gasteiger charge is -2.18. The van der Waals surface area contributed by atoms with Crippen LogP contribution in [-0.2, 0) is 11.3 Å². The summed E-state index contributed by atoms with van der Waals surface area (Å²) in [6, 6.07) is 29.0. The number of nitrogens with one attached hydrogen (secondary N) is 1. The van der Waals surface area contributed by atoms with Gasteiger partial charge in [0.05, 0.1) is 6.54 Å². The normalized spacial score (nSPS) is 11.7. The molecule has 0 saturated carbocycles. The Balaban J connectivity index is 1.51. The maximum absolute atomic E-state index is 13.5. The lowest BCUT2D eigenvalue weighted by atomic mass is 10.1. The first-order valence-corrected chi connectivity index (χ1v) is 12.2. The van der Waals surface area contributed by atoms with Crippen molar-refractivity contribution < 1.29 is 9.18 Å². The molecule has 6 nitrogen and oxygen atoms in total. The number of rotatable bonds is 8. The zero-order valence-electron chi connectivity index (χ0n) is 19.2. The number of halogens is 1. The number of anilines is 1. The van der Waals surface area contributed by atoms with E-state index in [0.29, 0.717) is 23.2 Å². The van der Waals surface area contributed by atoms with Crippen LogP contribution in [-0.4, -0.2) is 25.7 Å². The van der Waals surface area contributed by atoms with Gasteiger partial charge in [0.2, 0.25) is 5.91 Å². The highest BCUT2D eigenvalue weighted by atomic mass is 32.2. The quantitative estimate of drug-likeness (QED) is 0.267. The fourth-order valence-electron chi connectivity index (χ4n) is 3.74. The second kappa shape index (κ2) is 11.0. The summed E-state index contributed by atoms with van der Waals surface area (Å²) in [5.41, 5.74) is 3.25. The van der Waals surface area contributed by atoms with Gasteiger partial charge < -0.3 is 5.32 Å². The Hall–Kier alpha value is -4.30. The van der Waals surface area contributed by atoms with Crippen molar-refractivity contribution in [3.63, 3.8) is 0 Å². The largest absolute Gasteiger partial charge is 0.325 e. The van der Waals surface area contributed by atoms with Crippen LogP contribution in [0.2, 0.25) is 0 Å². The minimum Gasteiger partial charge on any atom is -0.325 e. The zero-order chi connectivity index (χ0) is 24.7. The van der Waals surface area contributed by atoms with Gasteiger partial charge in [0.15, 0.2) is 11.0 Å². The molecule has 1 atom stereocenters. The van der Waals surface area contributed by atoms with Crippen molar-refractivity contribution in [2.75, 3.05) is 5.32 Å². The summed E-state index contributed by atoms with van der Waals surface area (Å²) < 4.78 is 15.4. The van der Waals surface area contributed by atoms with Gasteiger partial charge in [-0.3, -0.25) is 14.3 Å². The van der Waals surface area contributed by atoms with Crippen LogP contribution in [0.1, 0.15) is 16.4 Å². The van der Waals surface area contributed by atoms with Crippen molar-refractivity contribution >= 4 is 23.4 Å². The van der Waals surface area contributed by atoms with E-state index in [2.05, 4.69) is 20.5 Å². The van der Waals surface area contributed by atoms with Gasteiger partial charge in [-0.2, -0.15) is 0 Å². The maximum Gasteiger partial charge on any atom is 0.242 e. The molecule has 0 fully saturated rings. The molecule has 0 aliphatic heterocycles. The molecule has 36 heavy (non-hydrogen) atoms. The van der Waals surface area contributed by atoms with Crippen LogP contribution in [0.3, 0.4) is 0 Å². The van der Waals surface area contributed by atoms with Gasteiger partial charge in [0.25, 0.3) is 0 Å². The van der Waals surface area contributed by atoms with E-state index in [1.807, 2.05) is 77.4 Å². The second-order valence-electron chi connectivity index (χ2n) is 8.02. The molecule has 0 saturated heterocycles. The fourth-order valence-corrected chi connectivity index (χ4v) is 4.78. The third-order valence-electron chi connectivity index (χ3n) is 5.50. The number of amides is 1. The SMILES string of the molecule is O=C(Nc1ccc(F)cc1)C(Sc1nnc(-c2cccnc2)n1Cc1ccccc1)c1ccccc1. The predicted molar refractivity (Wildman–Crippen MR) is 139 cm³/mol. The third-order valence-corrected chi connectivity index (χ3v) is 6.73. The highest BCUT2D eigenvalue weighted by Crippen LogP contribution is 2.37. The van der Waals surface area contributed by atoms with E-state index >= 15 is 0 Å². The first kappa shape index (κ1) is 23.4. The van der Waals surface area contributed by atoms with Crippen LogP contribution in [0.4, 0.5) is 10.1 Å².